The zero-order chi connectivity index (χ0) is 21.9. The lowest BCUT2D eigenvalue weighted by Gasteiger charge is -2.10. The number of nitrogens with one attached hydrogen (secondary N) is 1. The molecule has 0 aliphatic heterocycles. The van der Waals surface area contributed by atoms with Crippen molar-refractivity contribution in [2.75, 3.05) is 12.4 Å². The predicted molar refractivity (Wildman–Crippen MR) is 112 cm³/mol. The molecular formula is C21H25N3O5S. The monoisotopic (exact) mass is 431 g/mol. The number of hydrogen-bond acceptors (Lipinski definition) is 6. The van der Waals surface area contributed by atoms with Crippen molar-refractivity contribution in [3.63, 3.8) is 0 Å². The number of aryl methyl sites for hydroxylation is 1. The van der Waals surface area contributed by atoms with Gasteiger partial charge in [0.05, 0.1) is 40.9 Å². The van der Waals surface area contributed by atoms with Gasteiger partial charge in [0, 0.05) is 5.69 Å². The molecule has 2 aromatic heterocycles. The highest BCUT2D eigenvalue weighted by Crippen LogP contribution is 2.29. The number of esters is 1. The van der Waals surface area contributed by atoms with Gasteiger partial charge in [0.2, 0.25) is 0 Å². The van der Waals surface area contributed by atoms with Crippen LogP contribution in [0, 0.1) is 6.92 Å². The van der Waals surface area contributed by atoms with E-state index in [1.54, 1.807) is 36.7 Å². The highest BCUT2D eigenvalue weighted by atomic mass is 32.2. The summed E-state index contributed by atoms with van der Waals surface area (Å²) in [6, 6.07) is 10.5. The second-order valence-electron chi connectivity index (χ2n) is 6.80. The molecule has 8 nitrogen and oxygen atoms in total. The van der Waals surface area contributed by atoms with Gasteiger partial charge < -0.3 is 14.8 Å². The van der Waals surface area contributed by atoms with Crippen LogP contribution >= 0.6 is 0 Å². The number of ether oxygens (including phenoxy) is 1. The van der Waals surface area contributed by atoms with Gasteiger partial charge in [0.1, 0.15) is 6.54 Å². The number of carbonyl (C=O) groups is 1. The normalized spacial score (nSPS) is 11.6. The third-order valence-corrected chi connectivity index (χ3v) is 6.52. The Bertz CT molecular complexity index is 1160. The first-order valence-electron chi connectivity index (χ1n) is 9.65. The number of sulfone groups is 1. The van der Waals surface area contributed by atoms with E-state index in [-0.39, 0.29) is 29.8 Å². The second-order valence-corrected chi connectivity index (χ2v) is 9.05. The Morgan fingerprint density at radius 1 is 1.17 bits per heavy atom. The number of aliphatic hydroxyl groups is 1. The van der Waals surface area contributed by atoms with Gasteiger partial charge >= 0.3 is 5.97 Å². The molecule has 0 bridgehead atoms. The fourth-order valence-electron chi connectivity index (χ4n) is 3.22. The van der Waals surface area contributed by atoms with Crippen LogP contribution < -0.4 is 0 Å². The SMILES string of the molecule is CCOC(=O)Cn1nc(C)cc1-c1ccc(-c2ccc(CO)c(S(=O)(=O)CC)c2)[nH]1. The maximum atomic E-state index is 12.4. The maximum absolute atomic E-state index is 12.4. The van der Waals surface area contributed by atoms with Crippen LogP contribution in [0.15, 0.2) is 41.3 Å². The van der Waals surface area contributed by atoms with Gasteiger partial charge in [-0.05, 0) is 49.2 Å². The highest BCUT2D eigenvalue weighted by Gasteiger charge is 2.19. The molecule has 0 aliphatic carbocycles. The Labute approximate surface area is 175 Å². The van der Waals surface area contributed by atoms with E-state index in [0.29, 0.717) is 23.4 Å². The van der Waals surface area contributed by atoms with E-state index in [2.05, 4.69) is 10.1 Å². The van der Waals surface area contributed by atoms with Crippen LogP contribution in [0.5, 0.6) is 0 Å². The summed E-state index contributed by atoms with van der Waals surface area (Å²) in [5.74, 6) is -0.422. The summed E-state index contributed by atoms with van der Waals surface area (Å²) >= 11 is 0. The van der Waals surface area contributed by atoms with E-state index in [1.165, 1.54) is 0 Å². The summed E-state index contributed by atoms with van der Waals surface area (Å²) in [5, 5.41) is 13.9. The topological polar surface area (TPSA) is 114 Å². The lowest BCUT2D eigenvalue weighted by Crippen LogP contribution is -2.15. The standard InChI is InChI=1S/C21H25N3O5S/c1-4-29-21(26)12-24-19(10-14(3)23-24)18-9-8-17(22-18)15-6-7-16(13-25)20(11-15)30(27,28)5-2/h6-11,22,25H,4-5,12-13H2,1-3H3. The summed E-state index contributed by atoms with van der Waals surface area (Å²) in [6.45, 7) is 5.10. The molecule has 160 valence electrons. The Kier molecular flexibility index (Phi) is 6.42. The van der Waals surface area contributed by atoms with Crippen molar-refractivity contribution in [2.24, 2.45) is 0 Å². The minimum absolute atomic E-state index is 0.00451. The van der Waals surface area contributed by atoms with Crippen molar-refractivity contribution in [1.29, 1.82) is 0 Å². The van der Waals surface area contributed by atoms with Gasteiger partial charge in [-0.25, -0.2) is 8.42 Å². The van der Waals surface area contributed by atoms with E-state index in [0.717, 1.165) is 17.1 Å². The smallest absolute Gasteiger partial charge is 0.327 e. The lowest BCUT2D eigenvalue weighted by atomic mass is 10.1. The minimum Gasteiger partial charge on any atom is -0.465 e. The molecule has 3 aromatic rings. The molecule has 0 saturated carbocycles. The Morgan fingerprint density at radius 3 is 2.57 bits per heavy atom. The number of aromatic amines is 1. The third-order valence-electron chi connectivity index (χ3n) is 4.71. The predicted octanol–water partition coefficient (Wildman–Crippen LogP) is 2.70. The molecule has 2 N–H and O–H groups in total. The quantitative estimate of drug-likeness (QED) is 0.530. The van der Waals surface area contributed by atoms with Crippen LogP contribution in [0.4, 0.5) is 0 Å². The molecule has 9 heteroatoms. The number of rotatable bonds is 8. The van der Waals surface area contributed by atoms with Crippen LogP contribution in [0.25, 0.3) is 22.6 Å². The maximum Gasteiger partial charge on any atom is 0.327 e. The van der Waals surface area contributed by atoms with Gasteiger partial charge in [0.25, 0.3) is 0 Å². The van der Waals surface area contributed by atoms with Crippen molar-refractivity contribution >= 4 is 15.8 Å². The summed E-state index contributed by atoms with van der Waals surface area (Å²) in [7, 11) is -3.48. The Balaban J connectivity index is 1.98. The summed E-state index contributed by atoms with van der Waals surface area (Å²) in [4.78, 5) is 15.3. The van der Waals surface area contributed by atoms with E-state index in [4.69, 9.17) is 4.74 Å². The first-order chi connectivity index (χ1) is 14.3. The third kappa shape index (κ3) is 4.47. The molecule has 0 saturated heterocycles. The second kappa shape index (κ2) is 8.85. The number of benzene rings is 1. The zero-order valence-electron chi connectivity index (χ0n) is 17.2. The van der Waals surface area contributed by atoms with E-state index < -0.39 is 9.84 Å². The number of hydrogen-bond donors (Lipinski definition) is 2. The summed E-state index contributed by atoms with van der Waals surface area (Å²) < 4.78 is 31.4. The van der Waals surface area contributed by atoms with E-state index in [9.17, 15) is 18.3 Å². The van der Waals surface area contributed by atoms with Gasteiger partial charge in [0.15, 0.2) is 9.84 Å². The van der Waals surface area contributed by atoms with Crippen molar-refractivity contribution in [2.45, 2.75) is 38.8 Å². The molecule has 0 amide bonds. The zero-order valence-corrected chi connectivity index (χ0v) is 18.0. The van der Waals surface area contributed by atoms with Crippen LogP contribution in [-0.2, 0) is 32.5 Å². The van der Waals surface area contributed by atoms with Crippen molar-refractivity contribution in [3.05, 3.63) is 47.7 Å². The molecule has 30 heavy (non-hydrogen) atoms. The number of carbonyl (C=O) groups excluding carboxylic acids is 1. The molecule has 0 atom stereocenters. The number of aromatic nitrogens is 3. The Hall–Kier alpha value is -2.91. The molecule has 0 spiro atoms. The number of H-pyrrole nitrogens is 1. The first kappa shape index (κ1) is 21.8. The van der Waals surface area contributed by atoms with Crippen LogP contribution in [0.3, 0.4) is 0 Å². The molecular weight excluding hydrogens is 406 g/mol. The fraction of sp³-hybridized carbons (Fsp3) is 0.333. The summed E-state index contributed by atoms with van der Waals surface area (Å²) in [6.07, 6.45) is 0. The molecule has 3 rings (SSSR count). The average Bonchev–Trinajstić information content (AvgIpc) is 3.34. The van der Waals surface area contributed by atoms with Gasteiger partial charge in [-0.15, -0.1) is 0 Å². The molecule has 0 fully saturated rings. The van der Waals surface area contributed by atoms with Crippen molar-refractivity contribution in [3.8, 4) is 22.6 Å². The molecule has 1 aromatic carbocycles. The number of nitrogens with zero attached hydrogens (tertiary/aromatic N) is 2. The van der Waals surface area contributed by atoms with E-state index >= 15 is 0 Å². The van der Waals surface area contributed by atoms with Gasteiger partial charge in [-0.2, -0.15) is 5.10 Å². The average molecular weight is 432 g/mol. The van der Waals surface area contributed by atoms with Gasteiger partial charge in [-0.3, -0.25) is 9.48 Å². The van der Waals surface area contributed by atoms with Crippen LogP contribution in [-0.4, -0.2) is 46.6 Å². The molecule has 0 radical (unpaired) electrons. The highest BCUT2D eigenvalue weighted by molar-refractivity contribution is 7.91. The minimum atomic E-state index is -3.48. The molecule has 0 unspecified atom stereocenters. The van der Waals surface area contributed by atoms with Crippen LogP contribution in [0.1, 0.15) is 25.1 Å². The fourth-order valence-corrected chi connectivity index (χ4v) is 4.37. The van der Waals surface area contributed by atoms with Crippen molar-refractivity contribution < 1.29 is 23.1 Å². The lowest BCUT2D eigenvalue weighted by molar-refractivity contribution is -0.144. The van der Waals surface area contributed by atoms with Gasteiger partial charge in [-0.1, -0.05) is 19.1 Å². The Morgan fingerprint density at radius 2 is 1.90 bits per heavy atom. The number of aliphatic hydroxyl groups excluding tert-OH is 1. The molecule has 2 heterocycles. The molecule has 0 aliphatic rings. The first-order valence-corrected chi connectivity index (χ1v) is 11.3. The largest absolute Gasteiger partial charge is 0.465 e. The summed E-state index contributed by atoms with van der Waals surface area (Å²) in [5.41, 5.74) is 3.98. The van der Waals surface area contributed by atoms with E-state index in [1.807, 2.05) is 25.1 Å². The van der Waals surface area contributed by atoms with Crippen molar-refractivity contribution in [1.82, 2.24) is 14.8 Å². The van der Waals surface area contributed by atoms with Crippen LogP contribution in [0.2, 0.25) is 0 Å².